The molecule has 0 saturated carbocycles. The zero-order chi connectivity index (χ0) is 22.4. The Hall–Kier alpha value is -2.47. The van der Waals surface area contributed by atoms with Crippen molar-refractivity contribution < 1.29 is 31.5 Å². The van der Waals surface area contributed by atoms with Crippen LogP contribution in [0.1, 0.15) is 24.2 Å². The smallest absolute Gasteiger partial charge is 0.337 e. The normalized spacial score (nSPS) is 11.7. The van der Waals surface area contributed by atoms with Crippen LogP contribution in [-0.4, -0.2) is 52.4 Å². The van der Waals surface area contributed by atoms with Crippen molar-refractivity contribution in [2.24, 2.45) is 5.14 Å². The Morgan fingerprint density at radius 1 is 1.03 bits per heavy atom. The van der Waals surface area contributed by atoms with Crippen molar-refractivity contribution in [2.75, 3.05) is 14.1 Å². The molecule has 0 saturated heterocycles. The first-order valence-electron chi connectivity index (χ1n) is 8.31. The van der Waals surface area contributed by atoms with Gasteiger partial charge in [-0.3, -0.25) is 0 Å². The van der Waals surface area contributed by atoms with E-state index in [-0.39, 0.29) is 21.5 Å². The second-order valence-corrected chi connectivity index (χ2v) is 9.96. The number of rotatable bonds is 6. The SMILES string of the molecule is CC(C)Oc1ccc(C(=O)O)c(S(=O)(=O)N(C)C)c1.NS(=O)(=O)c1ccccc1. The fraction of sp³-hybridized carbons (Fsp3) is 0.278. The van der Waals surface area contributed by atoms with Gasteiger partial charge in [-0.2, -0.15) is 0 Å². The van der Waals surface area contributed by atoms with Crippen LogP contribution >= 0.6 is 0 Å². The number of sulfonamides is 2. The number of ether oxygens (including phenoxy) is 1. The van der Waals surface area contributed by atoms with Crippen LogP contribution in [0.3, 0.4) is 0 Å². The van der Waals surface area contributed by atoms with Gasteiger partial charge in [-0.05, 0) is 38.1 Å². The van der Waals surface area contributed by atoms with Crippen molar-refractivity contribution in [3.8, 4) is 5.75 Å². The van der Waals surface area contributed by atoms with Gasteiger partial charge in [0, 0.05) is 20.2 Å². The predicted molar refractivity (Wildman–Crippen MR) is 108 cm³/mol. The van der Waals surface area contributed by atoms with Gasteiger partial charge in [-0.15, -0.1) is 0 Å². The summed E-state index contributed by atoms with van der Waals surface area (Å²) in [5.74, 6) is -0.975. The first-order chi connectivity index (χ1) is 13.3. The molecule has 29 heavy (non-hydrogen) atoms. The zero-order valence-corrected chi connectivity index (χ0v) is 18.1. The lowest BCUT2D eigenvalue weighted by Gasteiger charge is -2.16. The predicted octanol–water partition coefficient (Wildman–Crippen LogP) is 1.76. The van der Waals surface area contributed by atoms with Gasteiger partial charge in [0.25, 0.3) is 0 Å². The lowest BCUT2D eigenvalue weighted by atomic mass is 10.2. The van der Waals surface area contributed by atoms with Crippen molar-refractivity contribution in [1.82, 2.24) is 4.31 Å². The van der Waals surface area contributed by atoms with Crippen molar-refractivity contribution in [2.45, 2.75) is 29.7 Å². The molecule has 0 fully saturated rings. The van der Waals surface area contributed by atoms with Gasteiger partial charge in [-0.1, -0.05) is 18.2 Å². The van der Waals surface area contributed by atoms with E-state index in [9.17, 15) is 21.6 Å². The van der Waals surface area contributed by atoms with E-state index in [0.29, 0.717) is 5.75 Å². The van der Waals surface area contributed by atoms with Crippen LogP contribution in [0.4, 0.5) is 0 Å². The molecule has 0 aliphatic carbocycles. The summed E-state index contributed by atoms with van der Waals surface area (Å²) >= 11 is 0. The van der Waals surface area contributed by atoms with Crippen LogP contribution in [-0.2, 0) is 20.0 Å². The molecule has 11 heteroatoms. The Balaban J connectivity index is 0.000000352. The number of carboxylic acid groups (broad SMARTS) is 1. The van der Waals surface area contributed by atoms with Crippen molar-refractivity contribution >= 4 is 26.0 Å². The highest BCUT2D eigenvalue weighted by Crippen LogP contribution is 2.25. The second kappa shape index (κ2) is 9.83. The van der Waals surface area contributed by atoms with Crippen LogP contribution in [0, 0.1) is 0 Å². The molecule has 0 amide bonds. The molecule has 9 nitrogen and oxygen atoms in total. The van der Waals surface area contributed by atoms with Gasteiger partial charge in [0.05, 0.1) is 16.6 Å². The van der Waals surface area contributed by atoms with E-state index in [4.69, 9.17) is 15.0 Å². The fourth-order valence-electron chi connectivity index (χ4n) is 2.05. The standard InChI is InChI=1S/C12H17NO5S.C6H7NO2S/c1-8(2)18-9-5-6-10(12(14)15)11(7-9)19(16,17)13(3)4;7-10(8,9)6-4-2-1-3-5-6/h5-8H,1-4H3,(H,14,15);1-5H,(H2,7,8,9). The van der Waals surface area contributed by atoms with Gasteiger partial charge in [-0.25, -0.2) is 31.1 Å². The van der Waals surface area contributed by atoms with E-state index in [2.05, 4.69) is 0 Å². The number of aromatic carboxylic acids is 1. The number of carbonyl (C=O) groups is 1. The van der Waals surface area contributed by atoms with E-state index < -0.39 is 26.0 Å². The van der Waals surface area contributed by atoms with E-state index in [1.807, 2.05) is 0 Å². The number of hydrogen-bond acceptors (Lipinski definition) is 6. The first kappa shape index (κ1) is 24.6. The number of hydrogen-bond donors (Lipinski definition) is 2. The van der Waals surface area contributed by atoms with E-state index in [0.717, 1.165) is 4.31 Å². The van der Waals surface area contributed by atoms with Crippen molar-refractivity contribution in [1.29, 1.82) is 0 Å². The molecule has 0 unspecified atom stereocenters. The van der Waals surface area contributed by atoms with Gasteiger partial charge < -0.3 is 9.84 Å². The maximum absolute atomic E-state index is 12.1. The topological polar surface area (TPSA) is 144 Å². The van der Waals surface area contributed by atoms with E-state index in [1.165, 1.54) is 44.4 Å². The molecule has 2 rings (SSSR count). The summed E-state index contributed by atoms with van der Waals surface area (Å²) in [6.45, 7) is 3.59. The lowest BCUT2D eigenvalue weighted by Crippen LogP contribution is -2.24. The van der Waals surface area contributed by atoms with E-state index in [1.54, 1.807) is 32.0 Å². The van der Waals surface area contributed by atoms with Crippen LogP contribution in [0.25, 0.3) is 0 Å². The molecule has 0 atom stereocenters. The van der Waals surface area contributed by atoms with Crippen LogP contribution in [0.2, 0.25) is 0 Å². The number of primary sulfonamides is 1. The Morgan fingerprint density at radius 2 is 1.59 bits per heavy atom. The number of nitrogens with zero attached hydrogens (tertiary/aromatic N) is 1. The summed E-state index contributed by atoms with van der Waals surface area (Å²) in [5, 5.41) is 13.9. The van der Waals surface area contributed by atoms with Gasteiger partial charge in [0.15, 0.2) is 0 Å². The average Bonchev–Trinajstić information content (AvgIpc) is 2.61. The van der Waals surface area contributed by atoms with Gasteiger partial charge in [0.2, 0.25) is 20.0 Å². The maximum atomic E-state index is 12.1. The minimum absolute atomic E-state index is 0.134. The molecule has 0 spiro atoms. The summed E-state index contributed by atoms with van der Waals surface area (Å²) in [7, 11) is -4.65. The van der Waals surface area contributed by atoms with Crippen molar-refractivity contribution in [3.05, 3.63) is 54.1 Å². The molecule has 0 bridgehead atoms. The molecule has 0 aliphatic heterocycles. The monoisotopic (exact) mass is 444 g/mol. The lowest BCUT2D eigenvalue weighted by molar-refractivity contribution is 0.0692. The first-order valence-corrected chi connectivity index (χ1v) is 11.3. The average molecular weight is 445 g/mol. The largest absolute Gasteiger partial charge is 0.491 e. The summed E-state index contributed by atoms with van der Waals surface area (Å²) in [6.07, 6.45) is -0.134. The Kier molecular flexibility index (Phi) is 8.33. The number of benzene rings is 2. The highest BCUT2D eigenvalue weighted by Gasteiger charge is 2.25. The third-order valence-electron chi connectivity index (χ3n) is 3.39. The minimum Gasteiger partial charge on any atom is -0.491 e. The molecule has 0 aromatic heterocycles. The van der Waals surface area contributed by atoms with Crippen LogP contribution in [0.5, 0.6) is 5.75 Å². The molecule has 160 valence electrons. The van der Waals surface area contributed by atoms with Crippen molar-refractivity contribution in [3.63, 3.8) is 0 Å². The summed E-state index contributed by atoms with van der Waals surface area (Å²) < 4.78 is 51.8. The molecule has 0 heterocycles. The highest BCUT2D eigenvalue weighted by atomic mass is 32.2. The second-order valence-electron chi connectivity index (χ2n) is 6.28. The van der Waals surface area contributed by atoms with Crippen LogP contribution < -0.4 is 9.88 Å². The maximum Gasteiger partial charge on any atom is 0.337 e. The Labute approximate surface area is 170 Å². The fourth-order valence-corrected chi connectivity index (χ4v) is 3.67. The third-order valence-corrected chi connectivity index (χ3v) is 6.17. The summed E-state index contributed by atoms with van der Waals surface area (Å²) in [4.78, 5) is 11.0. The highest BCUT2D eigenvalue weighted by molar-refractivity contribution is 7.89. The van der Waals surface area contributed by atoms with Gasteiger partial charge >= 0.3 is 5.97 Å². The molecule has 3 N–H and O–H groups in total. The molecule has 2 aromatic rings. The Bertz CT molecular complexity index is 1050. The zero-order valence-electron chi connectivity index (χ0n) is 16.4. The molecular formula is C18H24N2O7S2. The van der Waals surface area contributed by atoms with Crippen LogP contribution in [0.15, 0.2) is 58.3 Å². The summed E-state index contributed by atoms with van der Waals surface area (Å²) in [5.41, 5.74) is -0.273. The van der Waals surface area contributed by atoms with Gasteiger partial charge in [0.1, 0.15) is 10.6 Å². The number of nitrogens with two attached hydrogens (primary N) is 1. The third kappa shape index (κ3) is 7.13. The number of carboxylic acids is 1. The molecule has 0 radical (unpaired) electrons. The quantitative estimate of drug-likeness (QED) is 0.690. The minimum atomic E-state index is -3.84. The van der Waals surface area contributed by atoms with E-state index >= 15 is 0 Å². The Morgan fingerprint density at radius 3 is 1.97 bits per heavy atom. The molecule has 2 aromatic carbocycles. The molecular weight excluding hydrogens is 420 g/mol. The summed E-state index contributed by atoms with van der Waals surface area (Å²) in [6, 6.07) is 11.8. The molecule has 0 aliphatic rings.